The van der Waals surface area contributed by atoms with Gasteiger partial charge in [0, 0.05) is 6.92 Å². The van der Waals surface area contributed by atoms with E-state index in [9.17, 15) is 0 Å². The average Bonchev–Trinajstić information content (AvgIpc) is 2.51. The number of nitrogens with zero attached hydrogens (tertiary/aromatic N) is 2. The lowest BCUT2D eigenvalue weighted by Crippen LogP contribution is -3.00. The molecule has 0 bridgehead atoms. The van der Waals surface area contributed by atoms with Gasteiger partial charge in [-0.1, -0.05) is 25.5 Å². The van der Waals surface area contributed by atoms with Crippen molar-refractivity contribution in [2.45, 2.75) is 33.2 Å². The van der Waals surface area contributed by atoms with Gasteiger partial charge < -0.3 is 17.0 Å². The maximum Gasteiger partial charge on any atom is 0.253 e. The highest BCUT2D eigenvalue weighted by molar-refractivity contribution is 5.72. The van der Waals surface area contributed by atoms with Gasteiger partial charge in [0.15, 0.2) is 11.0 Å². The Labute approximate surface area is 108 Å². The first kappa shape index (κ1) is 13.2. The molecule has 1 aromatic carbocycles. The van der Waals surface area contributed by atoms with Crippen molar-refractivity contribution in [2.75, 3.05) is 0 Å². The molecule has 3 heteroatoms. The summed E-state index contributed by atoms with van der Waals surface area (Å²) in [6.45, 7) is 5.56. The van der Waals surface area contributed by atoms with E-state index in [0.717, 1.165) is 6.54 Å². The third kappa shape index (κ3) is 2.14. The summed E-state index contributed by atoms with van der Waals surface area (Å²) in [5.41, 5.74) is 2.68. The van der Waals surface area contributed by atoms with Gasteiger partial charge in [0.2, 0.25) is 0 Å². The van der Waals surface area contributed by atoms with E-state index in [-0.39, 0.29) is 17.0 Å². The van der Waals surface area contributed by atoms with Crippen molar-refractivity contribution >= 4 is 11.0 Å². The van der Waals surface area contributed by atoms with Crippen molar-refractivity contribution in [2.24, 2.45) is 7.05 Å². The number of hydrogen-bond acceptors (Lipinski definition) is 0. The van der Waals surface area contributed by atoms with Crippen molar-refractivity contribution in [1.82, 2.24) is 4.57 Å². The largest absolute Gasteiger partial charge is 1.00 e. The number of imidazole rings is 1. The zero-order valence-electron chi connectivity index (χ0n) is 10.2. The zero-order valence-corrected chi connectivity index (χ0v) is 11.8. The lowest BCUT2D eigenvalue weighted by Gasteiger charge is -1.97. The van der Waals surface area contributed by atoms with Crippen LogP contribution in [0.1, 0.15) is 25.6 Å². The number of rotatable bonds is 3. The highest BCUT2D eigenvalue weighted by Crippen LogP contribution is 2.14. The fraction of sp³-hybridized carbons (Fsp3) is 0.462. The number of fused-ring (bicyclic) bond motifs is 1. The molecule has 0 aliphatic heterocycles. The molecule has 0 N–H and O–H groups in total. The second-order valence-electron chi connectivity index (χ2n) is 4.10. The van der Waals surface area contributed by atoms with Gasteiger partial charge in [-0.25, -0.2) is 9.13 Å². The van der Waals surface area contributed by atoms with Crippen LogP contribution in [0.4, 0.5) is 0 Å². The van der Waals surface area contributed by atoms with E-state index in [1.54, 1.807) is 0 Å². The molecule has 0 aliphatic carbocycles. The Morgan fingerprint density at radius 1 is 1.25 bits per heavy atom. The summed E-state index contributed by atoms with van der Waals surface area (Å²) in [6.07, 6.45) is 2.50. The van der Waals surface area contributed by atoms with Crippen LogP contribution in [0.25, 0.3) is 11.0 Å². The number of aromatic nitrogens is 2. The molecule has 0 aliphatic rings. The van der Waals surface area contributed by atoms with Crippen molar-refractivity contribution in [3.8, 4) is 0 Å². The molecule has 0 saturated heterocycles. The molecular formula is C13H19BrN2. The van der Waals surface area contributed by atoms with Gasteiger partial charge in [0.05, 0.1) is 13.6 Å². The van der Waals surface area contributed by atoms with Crippen LogP contribution in [-0.2, 0) is 13.6 Å². The maximum absolute atomic E-state index is 2.42. The second kappa shape index (κ2) is 5.48. The van der Waals surface area contributed by atoms with Gasteiger partial charge in [-0.05, 0) is 18.6 Å². The normalized spacial score (nSPS) is 10.4. The molecule has 0 radical (unpaired) electrons. The number of para-hydroxylation sites is 2. The minimum Gasteiger partial charge on any atom is -1.00 e. The molecule has 1 heterocycles. The molecule has 0 atom stereocenters. The zero-order chi connectivity index (χ0) is 10.8. The topological polar surface area (TPSA) is 8.81 Å². The fourth-order valence-electron chi connectivity index (χ4n) is 2.10. The van der Waals surface area contributed by atoms with Gasteiger partial charge in [-0.3, -0.25) is 0 Å². The minimum atomic E-state index is 0. The minimum absolute atomic E-state index is 0. The molecule has 2 aromatic rings. The third-order valence-electron chi connectivity index (χ3n) is 3.15. The predicted molar refractivity (Wildman–Crippen MR) is 62.8 cm³/mol. The Kier molecular flexibility index (Phi) is 4.54. The van der Waals surface area contributed by atoms with E-state index in [1.807, 2.05) is 0 Å². The lowest BCUT2D eigenvalue weighted by molar-refractivity contribution is -0.652. The highest BCUT2D eigenvalue weighted by Gasteiger charge is 2.17. The summed E-state index contributed by atoms with van der Waals surface area (Å²) < 4.78 is 4.68. The first-order chi connectivity index (χ1) is 7.25. The number of unbranched alkanes of at least 4 members (excludes halogenated alkanes) is 1. The molecular weight excluding hydrogens is 264 g/mol. The average molecular weight is 283 g/mol. The summed E-state index contributed by atoms with van der Waals surface area (Å²) >= 11 is 0. The summed E-state index contributed by atoms with van der Waals surface area (Å²) in [5, 5.41) is 0. The van der Waals surface area contributed by atoms with Crippen LogP contribution in [0.2, 0.25) is 0 Å². The van der Waals surface area contributed by atoms with E-state index < -0.39 is 0 Å². The predicted octanol–water partition coefficient (Wildman–Crippen LogP) is -0.422. The van der Waals surface area contributed by atoms with Crippen LogP contribution in [0, 0.1) is 6.92 Å². The monoisotopic (exact) mass is 282 g/mol. The molecule has 0 amide bonds. The van der Waals surface area contributed by atoms with Crippen LogP contribution in [-0.4, -0.2) is 4.57 Å². The highest BCUT2D eigenvalue weighted by atomic mass is 79.9. The van der Waals surface area contributed by atoms with Crippen LogP contribution < -0.4 is 21.5 Å². The summed E-state index contributed by atoms with van der Waals surface area (Å²) in [6, 6.07) is 8.61. The number of halogens is 1. The van der Waals surface area contributed by atoms with E-state index >= 15 is 0 Å². The van der Waals surface area contributed by atoms with Gasteiger partial charge >= 0.3 is 0 Å². The number of aryl methyl sites for hydroxylation is 2. The Hall–Kier alpha value is -0.830. The van der Waals surface area contributed by atoms with Crippen LogP contribution in [0.5, 0.6) is 0 Å². The quantitative estimate of drug-likeness (QED) is 0.677. The molecule has 0 saturated carbocycles. The molecule has 2 nitrogen and oxygen atoms in total. The van der Waals surface area contributed by atoms with Gasteiger partial charge in [-0.2, -0.15) is 0 Å². The van der Waals surface area contributed by atoms with Crippen molar-refractivity contribution in [3.05, 3.63) is 30.1 Å². The van der Waals surface area contributed by atoms with E-state index in [0.29, 0.717) is 0 Å². The molecule has 88 valence electrons. The standard InChI is InChI=1S/C13H19N2.BrH/c1-4-5-10-15-11(2)14(3)12-8-6-7-9-13(12)15;/h6-9H,4-5,10H2,1-3H3;1H/q+1;/p-1. The van der Waals surface area contributed by atoms with Crippen LogP contribution >= 0.6 is 0 Å². The SMILES string of the molecule is CCCCn1c(C)[n+](C)c2ccccc21.[Br-]. The Morgan fingerprint density at radius 2 is 1.94 bits per heavy atom. The Bertz CT molecular complexity index is 474. The molecule has 1 aromatic heterocycles. The van der Waals surface area contributed by atoms with Crippen LogP contribution in [0.15, 0.2) is 24.3 Å². The summed E-state index contributed by atoms with van der Waals surface area (Å²) in [7, 11) is 2.14. The molecule has 0 unspecified atom stereocenters. The van der Waals surface area contributed by atoms with Crippen molar-refractivity contribution < 1.29 is 21.5 Å². The summed E-state index contributed by atoms with van der Waals surface area (Å²) in [4.78, 5) is 0. The van der Waals surface area contributed by atoms with E-state index in [4.69, 9.17) is 0 Å². The third-order valence-corrected chi connectivity index (χ3v) is 3.15. The first-order valence-corrected chi connectivity index (χ1v) is 5.69. The van der Waals surface area contributed by atoms with Crippen molar-refractivity contribution in [1.29, 1.82) is 0 Å². The molecule has 2 rings (SSSR count). The van der Waals surface area contributed by atoms with Crippen molar-refractivity contribution in [3.63, 3.8) is 0 Å². The summed E-state index contributed by atoms with van der Waals surface area (Å²) in [5.74, 6) is 1.34. The smallest absolute Gasteiger partial charge is 0.253 e. The maximum atomic E-state index is 2.42. The Balaban J connectivity index is 0.00000128. The molecule has 16 heavy (non-hydrogen) atoms. The Morgan fingerprint density at radius 3 is 2.62 bits per heavy atom. The molecule has 0 spiro atoms. The van der Waals surface area contributed by atoms with Gasteiger partial charge in [-0.15, -0.1) is 0 Å². The molecule has 0 fully saturated rings. The second-order valence-corrected chi connectivity index (χ2v) is 4.10. The first-order valence-electron chi connectivity index (χ1n) is 5.69. The fourth-order valence-corrected chi connectivity index (χ4v) is 2.10. The van der Waals surface area contributed by atoms with E-state index in [2.05, 4.69) is 54.3 Å². The lowest BCUT2D eigenvalue weighted by atomic mass is 10.3. The van der Waals surface area contributed by atoms with Crippen LogP contribution in [0.3, 0.4) is 0 Å². The number of benzene rings is 1. The number of hydrogen-bond donors (Lipinski definition) is 0. The van der Waals surface area contributed by atoms with E-state index in [1.165, 1.54) is 29.7 Å². The van der Waals surface area contributed by atoms with Gasteiger partial charge in [0.25, 0.3) is 5.82 Å². The van der Waals surface area contributed by atoms with Gasteiger partial charge in [0.1, 0.15) is 0 Å².